The number of amides is 1. The number of hydrogen-bond donors (Lipinski definition) is 3. The van der Waals surface area contributed by atoms with Crippen LogP contribution in [-0.2, 0) is 6.54 Å². The van der Waals surface area contributed by atoms with Crippen LogP contribution in [0.3, 0.4) is 0 Å². The van der Waals surface area contributed by atoms with E-state index in [0.29, 0.717) is 24.7 Å². The molecule has 3 aromatic heterocycles. The molecular formula is C25H24ClN5O2. The number of likely N-dealkylation sites (tertiary alicyclic amines) is 1. The van der Waals surface area contributed by atoms with Gasteiger partial charge in [0.15, 0.2) is 0 Å². The molecular weight excluding hydrogens is 438 g/mol. The van der Waals surface area contributed by atoms with E-state index in [1.165, 1.54) is 10.5 Å². The van der Waals surface area contributed by atoms with Gasteiger partial charge in [0, 0.05) is 54.6 Å². The van der Waals surface area contributed by atoms with E-state index < -0.39 is 6.09 Å². The molecule has 0 spiro atoms. The molecule has 0 aliphatic carbocycles. The van der Waals surface area contributed by atoms with Gasteiger partial charge in [-0.25, -0.2) is 14.8 Å². The van der Waals surface area contributed by atoms with Gasteiger partial charge in [0.25, 0.3) is 0 Å². The first-order chi connectivity index (χ1) is 16.1. The molecule has 1 aliphatic heterocycles. The number of H-pyrrole nitrogens is 1. The fourth-order valence-corrected chi connectivity index (χ4v) is 4.62. The summed E-state index contributed by atoms with van der Waals surface area (Å²) in [7, 11) is 0. The summed E-state index contributed by atoms with van der Waals surface area (Å²) >= 11 is 6.57. The van der Waals surface area contributed by atoms with E-state index in [1.54, 1.807) is 12.4 Å². The standard InChI is InChI=1S/C25H24ClN5O2/c26-21-15-29-23(28-14-16-4-2-1-3-5-16)13-19(21)18-6-9-27-24-20(18)12-22(30-24)17-7-10-31(11-8-17)25(32)33/h1-6,9,12-13,15,17H,7-8,10-11,14H2,(H,27,30)(H,28,29)(H,32,33). The van der Waals surface area contributed by atoms with Gasteiger partial charge in [-0.1, -0.05) is 41.9 Å². The van der Waals surface area contributed by atoms with Gasteiger partial charge in [0.1, 0.15) is 11.5 Å². The molecule has 4 aromatic rings. The second-order valence-corrected chi connectivity index (χ2v) is 8.69. The smallest absolute Gasteiger partial charge is 0.407 e. The predicted molar refractivity (Wildman–Crippen MR) is 130 cm³/mol. The number of hydrogen-bond acceptors (Lipinski definition) is 4. The SMILES string of the molecule is O=C(O)N1CCC(c2cc3c(-c4cc(NCc5ccccc5)ncc4Cl)ccnc3[nH]2)CC1. The van der Waals surface area contributed by atoms with Gasteiger partial charge in [-0.05, 0) is 42.2 Å². The molecule has 1 saturated heterocycles. The van der Waals surface area contributed by atoms with Gasteiger partial charge in [-0.3, -0.25) is 0 Å². The Morgan fingerprint density at radius 3 is 2.67 bits per heavy atom. The Labute approximate surface area is 196 Å². The maximum atomic E-state index is 11.2. The molecule has 168 valence electrons. The van der Waals surface area contributed by atoms with Crippen LogP contribution in [0.5, 0.6) is 0 Å². The lowest BCUT2D eigenvalue weighted by atomic mass is 9.93. The van der Waals surface area contributed by atoms with Crippen LogP contribution in [0, 0.1) is 0 Å². The Morgan fingerprint density at radius 2 is 1.91 bits per heavy atom. The molecule has 3 N–H and O–H groups in total. The van der Waals surface area contributed by atoms with Gasteiger partial charge in [-0.2, -0.15) is 0 Å². The van der Waals surface area contributed by atoms with Crippen LogP contribution in [-0.4, -0.2) is 44.1 Å². The van der Waals surface area contributed by atoms with E-state index in [0.717, 1.165) is 46.5 Å². The largest absolute Gasteiger partial charge is 0.465 e. The summed E-state index contributed by atoms with van der Waals surface area (Å²) in [5, 5.41) is 14.1. The lowest BCUT2D eigenvalue weighted by Gasteiger charge is -2.29. The predicted octanol–water partition coefficient (Wildman–Crippen LogP) is 5.75. The lowest BCUT2D eigenvalue weighted by Crippen LogP contribution is -2.36. The topological polar surface area (TPSA) is 94.1 Å². The van der Waals surface area contributed by atoms with Crippen molar-refractivity contribution in [3.05, 3.63) is 77.2 Å². The number of nitrogens with one attached hydrogen (secondary N) is 2. The molecule has 1 fully saturated rings. The van der Waals surface area contributed by atoms with Crippen molar-refractivity contribution in [3.8, 4) is 11.1 Å². The van der Waals surface area contributed by atoms with E-state index in [9.17, 15) is 9.90 Å². The summed E-state index contributed by atoms with van der Waals surface area (Å²) in [4.78, 5) is 25.1. The first-order valence-corrected chi connectivity index (χ1v) is 11.4. The number of anilines is 1. The van der Waals surface area contributed by atoms with Crippen LogP contribution in [0.25, 0.3) is 22.2 Å². The zero-order valence-corrected chi connectivity index (χ0v) is 18.7. The molecule has 5 rings (SSSR count). The van der Waals surface area contributed by atoms with E-state index in [1.807, 2.05) is 30.3 Å². The van der Waals surface area contributed by atoms with E-state index >= 15 is 0 Å². The van der Waals surface area contributed by atoms with E-state index in [2.05, 4.69) is 38.5 Å². The van der Waals surface area contributed by atoms with Crippen molar-refractivity contribution in [2.24, 2.45) is 0 Å². The number of fused-ring (bicyclic) bond motifs is 1. The maximum absolute atomic E-state index is 11.2. The number of aromatic nitrogens is 3. The number of carboxylic acid groups (broad SMARTS) is 1. The molecule has 1 aliphatic rings. The van der Waals surface area contributed by atoms with Crippen molar-refractivity contribution in [2.75, 3.05) is 18.4 Å². The number of rotatable bonds is 5. The van der Waals surface area contributed by atoms with Gasteiger partial charge in [0.2, 0.25) is 0 Å². The van der Waals surface area contributed by atoms with Crippen LogP contribution < -0.4 is 5.32 Å². The minimum atomic E-state index is -0.849. The normalized spacial score (nSPS) is 14.5. The zero-order chi connectivity index (χ0) is 22.8. The fraction of sp³-hybridized carbons (Fsp3) is 0.240. The summed E-state index contributed by atoms with van der Waals surface area (Å²) < 4.78 is 0. The Balaban J connectivity index is 1.42. The summed E-state index contributed by atoms with van der Waals surface area (Å²) in [6, 6.07) is 16.2. The number of piperidine rings is 1. The van der Waals surface area contributed by atoms with Crippen molar-refractivity contribution in [1.29, 1.82) is 0 Å². The van der Waals surface area contributed by atoms with Crippen LogP contribution >= 0.6 is 11.6 Å². The van der Waals surface area contributed by atoms with Crippen molar-refractivity contribution in [1.82, 2.24) is 19.9 Å². The molecule has 4 heterocycles. The Hall–Kier alpha value is -3.58. The molecule has 0 bridgehead atoms. The van der Waals surface area contributed by atoms with Crippen LogP contribution in [0.15, 0.2) is 60.9 Å². The van der Waals surface area contributed by atoms with Crippen molar-refractivity contribution in [3.63, 3.8) is 0 Å². The number of halogens is 1. The van der Waals surface area contributed by atoms with Crippen molar-refractivity contribution < 1.29 is 9.90 Å². The maximum Gasteiger partial charge on any atom is 0.407 e. The summed E-state index contributed by atoms with van der Waals surface area (Å²) in [5.74, 6) is 1.03. The minimum absolute atomic E-state index is 0.277. The number of pyridine rings is 2. The molecule has 1 aromatic carbocycles. The van der Waals surface area contributed by atoms with Gasteiger partial charge in [0.05, 0.1) is 5.02 Å². The molecule has 0 unspecified atom stereocenters. The summed E-state index contributed by atoms with van der Waals surface area (Å²) in [5.41, 5.74) is 4.94. The first-order valence-electron chi connectivity index (χ1n) is 11.0. The summed E-state index contributed by atoms with van der Waals surface area (Å²) in [6.07, 6.45) is 4.18. The van der Waals surface area contributed by atoms with Crippen molar-refractivity contribution in [2.45, 2.75) is 25.3 Å². The molecule has 0 radical (unpaired) electrons. The quantitative estimate of drug-likeness (QED) is 0.352. The second-order valence-electron chi connectivity index (χ2n) is 8.28. The molecule has 0 saturated carbocycles. The van der Waals surface area contributed by atoms with Gasteiger partial charge < -0.3 is 20.3 Å². The van der Waals surface area contributed by atoms with Crippen molar-refractivity contribution >= 4 is 34.5 Å². The highest BCUT2D eigenvalue weighted by Gasteiger charge is 2.25. The average molecular weight is 462 g/mol. The highest BCUT2D eigenvalue weighted by atomic mass is 35.5. The highest BCUT2D eigenvalue weighted by Crippen LogP contribution is 2.36. The second kappa shape index (κ2) is 9.11. The Morgan fingerprint density at radius 1 is 1.12 bits per heavy atom. The zero-order valence-electron chi connectivity index (χ0n) is 18.0. The third-order valence-corrected chi connectivity index (χ3v) is 6.52. The van der Waals surface area contributed by atoms with Crippen LogP contribution in [0.4, 0.5) is 10.6 Å². The Bertz CT molecular complexity index is 1280. The number of carbonyl (C=O) groups is 1. The lowest BCUT2D eigenvalue weighted by molar-refractivity contribution is 0.132. The molecule has 8 heteroatoms. The van der Waals surface area contributed by atoms with Gasteiger partial charge >= 0.3 is 6.09 Å². The minimum Gasteiger partial charge on any atom is -0.465 e. The third-order valence-electron chi connectivity index (χ3n) is 6.22. The Kier molecular flexibility index (Phi) is 5.88. The molecule has 0 atom stereocenters. The third kappa shape index (κ3) is 4.50. The number of nitrogens with zero attached hydrogens (tertiary/aromatic N) is 3. The fourth-order valence-electron chi connectivity index (χ4n) is 4.41. The average Bonchev–Trinajstić information content (AvgIpc) is 3.29. The van der Waals surface area contributed by atoms with E-state index in [4.69, 9.17) is 11.6 Å². The molecule has 33 heavy (non-hydrogen) atoms. The van der Waals surface area contributed by atoms with E-state index in [-0.39, 0.29) is 5.92 Å². The highest BCUT2D eigenvalue weighted by molar-refractivity contribution is 6.33. The first kappa shape index (κ1) is 21.3. The molecule has 7 nitrogen and oxygen atoms in total. The number of aromatic amines is 1. The molecule has 1 amide bonds. The summed E-state index contributed by atoms with van der Waals surface area (Å²) in [6.45, 7) is 1.76. The van der Waals surface area contributed by atoms with Gasteiger partial charge in [-0.15, -0.1) is 0 Å². The number of benzene rings is 1. The monoisotopic (exact) mass is 461 g/mol. The van der Waals surface area contributed by atoms with Crippen LogP contribution in [0.1, 0.15) is 30.0 Å². The van der Waals surface area contributed by atoms with Crippen LogP contribution in [0.2, 0.25) is 5.02 Å².